The molecule has 0 aliphatic carbocycles. The van der Waals surface area contributed by atoms with Gasteiger partial charge in [-0.25, -0.2) is 0 Å². The number of rotatable bonds is 16. The van der Waals surface area contributed by atoms with Crippen LogP contribution in [0.15, 0.2) is 30.3 Å². The summed E-state index contributed by atoms with van der Waals surface area (Å²) in [6.45, 7) is 4.01. The minimum atomic E-state index is -0.846. The normalized spacial score (nSPS) is 11.9. The molecule has 0 saturated carbocycles. The van der Waals surface area contributed by atoms with Crippen molar-refractivity contribution in [3.8, 4) is 0 Å². The number of ether oxygens (including phenoxy) is 3. The fourth-order valence-electron chi connectivity index (χ4n) is 2.47. The molecule has 0 saturated heterocycles. The molecule has 0 radical (unpaired) electrons. The third-order valence-corrected chi connectivity index (χ3v) is 3.98. The van der Waals surface area contributed by atoms with Crippen molar-refractivity contribution >= 4 is 11.9 Å². The van der Waals surface area contributed by atoms with Gasteiger partial charge < -0.3 is 19.3 Å². The number of carboxylic acids is 1. The van der Waals surface area contributed by atoms with Crippen molar-refractivity contribution in [2.45, 2.75) is 58.0 Å². The lowest BCUT2D eigenvalue weighted by Crippen LogP contribution is -2.26. The Kier molecular flexibility index (Phi) is 13.0. The average Bonchev–Trinajstić information content (AvgIpc) is 2.66. The van der Waals surface area contributed by atoms with Crippen molar-refractivity contribution in [2.75, 3.05) is 26.4 Å². The zero-order valence-corrected chi connectivity index (χ0v) is 16.2. The third-order valence-electron chi connectivity index (χ3n) is 3.98. The van der Waals surface area contributed by atoms with E-state index in [2.05, 4.69) is 6.92 Å². The van der Waals surface area contributed by atoms with Crippen molar-refractivity contribution < 1.29 is 28.9 Å². The standard InChI is InChI=1S/C21H32O6/c1-2-3-13-25-14-15-26-19(16-18-9-5-4-6-10-18)17-27-21(24)12-8-7-11-20(22)23/h4-6,9-10,19H,2-3,7-8,11-17H2,1H3,(H,22,23). The zero-order chi connectivity index (χ0) is 19.7. The molecule has 1 rings (SSSR count). The van der Waals surface area contributed by atoms with Crippen LogP contribution in [0, 0.1) is 0 Å². The van der Waals surface area contributed by atoms with Crippen molar-refractivity contribution in [1.82, 2.24) is 0 Å². The van der Waals surface area contributed by atoms with E-state index in [1.165, 1.54) is 0 Å². The molecule has 1 aromatic rings. The number of benzene rings is 1. The van der Waals surface area contributed by atoms with Crippen LogP contribution in [0.1, 0.15) is 51.0 Å². The van der Waals surface area contributed by atoms with Crippen LogP contribution < -0.4 is 0 Å². The lowest BCUT2D eigenvalue weighted by Gasteiger charge is -2.18. The van der Waals surface area contributed by atoms with Crippen LogP contribution in [-0.4, -0.2) is 49.6 Å². The van der Waals surface area contributed by atoms with E-state index in [4.69, 9.17) is 19.3 Å². The molecule has 1 aromatic carbocycles. The first-order valence-corrected chi connectivity index (χ1v) is 9.72. The Hall–Kier alpha value is -1.92. The van der Waals surface area contributed by atoms with Gasteiger partial charge in [-0.05, 0) is 24.8 Å². The van der Waals surface area contributed by atoms with Gasteiger partial charge >= 0.3 is 11.9 Å². The molecule has 0 spiro atoms. The smallest absolute Gasteiger partial charge is 0.305 e. The summed E-state index contributed by atoms with van der Waals surface area (Å²) in [5.74, 6) is -1.16. The Balaban J connectivity index is 2.34. The van der Waals surface area contributed by atoms with E-state index in [1.807, 2.05) is 30.3 Å². The predicted molar refractivity (Wildman–Crippen MR) is 103 cm³/mol. The number of hydrogen-bond acceptors (Lipinski definition) is 5. The van der Waals surface area contributed by atoms with Crippen molar-refractivity contribution in [2.24, 2.45) is 0 Å². The molecule has 0 aromatic heterocycles. The Morgan fingerprint density at radius 3 is 2.44 bits per heavy atom. The number of carbonyl (C=O) groups excluding carboxylic acids is 1. The molecule has 0 fully saturated rings. The van der Waals surface area contributed by atoms with Crippen molar-refractivity contribution in [3.05, 3.63) is 35.9 Å². The molecule has 0 aliphatic heterocycles. The zero-order valence-electron chi connectivity index (χ0n) is 16.2. The highest BCUT2D eigenvalue weighted by atomic mass is 16.6. The number of aliphatic carboxylic acids is 1. The maximum absolute atomic E-state index is 11.8. The first kappa shape index (κ1) is 23.1. The van der Waals surface area contributed by atoms with Gasteiger partial charge in [0.05, 0.1) is 19.3 Å². The highest BCUT2D eigenvalue weighted by Crippen LogP contribution is 2.08. The lowest BCUT2D eigenvalue weighted by molar-refractivity contribution is -0.148. The number of unbranched alkanes of at least 4 members (excludes halogenated alkanes) is 2. The first-order chi connectivity index (χ1) is 13.1. The molecule has 0 aliphatic rings. The molecule has 0 bridgehead atoms. The van der Waals surface area contributed by atoms with Gasteiger partial charge in [-0.3, -0.25) is 9.59 Å². The summed E-state index contributed by atoms with van der Waals surface area (Å²) in [5.41, 5.74) is 1.12. The SMILES string of the molecule is CCCCOCCOC(COC(=O)CCCCC(=O)O)Cc1ccccc1. The van der Waals surface area contributed by atoms with E-state index >= 15 is 0 Å². The molecule has 6 nitrogen and oxygen atoms in total. The van der Waals surface area contributed by atoms with E-state index in [9.17, 15) is 9.59 Å². The molecule has 0 heterocycles. The Morgan fingerprint density at radius 2 is 1.74 bits per heavy atom. The van der Waals surface area contributed by atoms with Gasteiger partial charge in [0.15, 0.2) is 0 Å². The van der Waals surface area contributed by atoms with Gasteiger partial charge in [0.25, 0.3) is 0 Å². The highest BCUT2D eigenvalue weighted by molar-refractivity contribution is 5.69. The molecule has 6 heteroatoms. The first-order valence-electron chi connectivity index (χ1n) is 9.72. The van der Waals surface area contributed by atoms with Gasteiger partial charge in [-0.2, -0.15) is 0 Å². The molecule has 0 amide bonds. The minimum absolute atomic E-state index is 0.0745. The number of carbonyl (C=O) groups is 2. The summed E-state index contributed by atoms with van der Waals surface area (Å²) in [7, 11) is 0. The second kappa shape index (κ2) is 15.2. The second-order valence-electron chi connectivity index (χ2n) is 6.43. The summed E-state index contributed by atoms with van der Waals surface area (Å²) < 4.78 is 16.7. The van der Waals surface area contributed by atoms with Gasteiger partial charge in [-0.1, -0.05) is 43.7 Å². The molecular formula is C21H32O6. The van der Waals surface area contributed by atoms with Crippen LogP contribution in [0.4, 0.5) is 0 Å². The van der Waals surface area contributed by atoms with Crippen molar-refractivity contribution in [3.63, 3.8) is 0 Å². The summed E-state index contributed by atoms with van der Waals surface area (Å²) in [6, 6.07) is 9.92. The maximum atomic E-state index is 11.8. The maximum Gasteiger partial charge on any atom is 0.305 e. The van der Waals surface area contributed by atoms with Gasteiger partial charge in [0.2, 0.25) is 0 Å². The Morgan fingerprint density at radius 1 is 1.00 bits per heavy atom. The van der Waals surface area contributed by atoms with Crippen LogP contribution in [0.3, 0.4) is 0 Å². The largest absolute Gasteiger partial charge is 0.481 e. The summed E-state index contributed by atoms with van der Waals surface area (Å²) in [4.78, 5) is 22.3. The van der Waals surface area contributed by atoms with E-state index in [0.717, 1.165) is 25.0 Å². The minimum Gasteiger partial charge on any atom is -0.481 e. The molecule has 1 unspecified atom stereocenters. The Bertz CT molecular complexity index is 517. The summed E-state index contributed by atoms with van der Waals surface area (Å²) >= 11 is 0. The van der Waals surface area contributed by atoms with Crippen LogP contribution in [0.5, 0.6) is 0 Å². The van der Waals surface area contributed by atoms with Gasteiger partial charge in [-0.15, -0.1) is 0 Å². The van der Waals surface area contributed by atoms with E-state index < -0.39 is 5.97 Å². The van der Waals surface area contributed by atoms with Crippen LogP contribution >= 0.6 is 0 Å². The molecular weight excluding hydrogens is 348 g/mol. The molecule has 1 atom stereocenters. The molecule has 1 N–H and O–H groups in total. The number of carboxylic acid groups (broad SMARTS) is 1. The second-order valence-corrected chi connectivity index (χ2v) is 6.43. The number of esters is 1. The highest BCUT2D eigenvalue weighted by Gasteiger charge is 2.14. The van der Waals surface area contributed by atoms with E-state index in [-0.39, 0.29) is 31.5 Å². The van der Waals surface area contributed by atoms with Crippen LogP contribution in [0.2, 0.25) is 0 Å². The summed E-state index contributed by atoms with van der Waals surface area (Å²) in [5, 5.41) is 8.60. The summed E-state index contributed by atoms with van der Waals surface area (Å²) in [6.07, 6.45) is 3.85. The lowest BCUT2D eigenvalue weighted by atomic mass is 10.1. The predicted octanol–water partition coefficient (Wildman–Crippen LogP) is 3.62. The third kappa shape index (κ3) is 13.0. The van der Waals surface area contributed by atoms with Crippen LogP contribution in [-0.2, 0) is 30.2 Å². The van der Waals surface area contributed by atoms with E-state index in [1.54, 1.807) is 0 Å². The molecule has 27 heavy (non-hydrogen) atoms. The van der Waals surface area contributed by atoms with Crippen molar-refractivity contribution in [1.29, 1.82) is 0 Å². The fourth-order valence-corrected chi connectivity index (χ4v) is 2.47. The Labute approximate surface area is 161 Å². The number of hydrogen-bond donors (Lipinski definition) is 1. The molecule has 152 valence electrons. The fraction of sp³-hybridized carbons (Fsp3) is 0.619. The quantitative estimate of drug-likeness (QED) is 0.348. The monoisotopic (exact) mass is 380 g/mol. The van der Waals surface area contributed by atoms with Gasteiger partial charge in [0.1, 0.15) is 6.61 Å². The topological polar surface area (TPSA) is 82.1 Å². The average molecular weight is 380 g/mol. The van der Waals surface area contributed by atoms with Gasteiger partial charge in [0, 0.05) is 25.9 Å². The van der Waals surface area contributed by atoms with E-state index in [0.29, 0.717) is 32.5 Å². The van der Waals surface area contributed by atoms with Crippen LogP contribution in [0.25, 0.3) is 0 Å².